The molecule has 0 spiro atoms. The summed E-state index contributed by atoms with van der Waals surface area (Å²) in [6, 6.07) is 8.05. The normalized spacial score (nSPS) is 12.2. The highest BCUT2D eigenvalue weighted by Gasteiger charge is 2.11. The fourth-order valence-corrected chi connectivity index (χ4v) is 2.08. The van der Waals surface area contributed by atoms with E-state index in [9.17, 15) is 4.79 Å². The van der Waals surface area contributed by atoms with Gasteiger partial charge in [-0.2, -0.15) is 0 Å². The molecule has 4 nitrogen and oxygen atoms in total. The van der Waals surface area contributed by atoms with Crippen LogP contribution in [0.5, 0.6) is 5.75 Å². The smallest absolute Gasteiger partial charge is 0.257 e. The van der Waals surface area contributed by atoms with Crippen LogP contribution in [0.15, 0.2) is 24.3 Å². The molecule has 0 bridgehead atoms. The molecule has 0 saturated heterocycles. The summed E-state index contributed by atoms with van der Waals surface area (Å²) in [5.74, 6) is 1.29. The number of carbonyl (C=O) groups is 1. The maximum absolute atomic E-state index is 11.8. The molecule has 0 fully saturated rings. The monoisotopic (exact) mass is 292 g/mol. The summed E-state index contributed by atoms with van der Waals surface area (Å²) in [5.41, 5.74) is 1.08. The van der Waals surface area contributed by atoms with Gasteiger partial charge >= 0.3 is 0 Å². The zero-order chi connectivity index (χ0) is 15.7. The maximum Gasteiger partial charge on any atom is 0.257 e. The number of rotatable bonds is 9. The van der Waals surface area contributed by atoms with Gasteiger partial charge in [0, 0.05) is 18.2 Å². The number of amides is 1. The van der Waals surface area contributed by atoms with E-state index in [1.165, 1.54) is 0 Å². The van der Waals surface area contributed by atoms with Crippen molar-refractivity contribution in [1.29, 1.82) is 0 Å². The predicted molar refractivity (Wildman–Crippen MR) is 86.5 cm³/mol. The molecule has 1 aromatic rings. The molecular weight excluding hydrogens is 264 g/mol. The van der Waals surface area contributed by atoms with Crippen LogP contribution in [-0.2, 0) is 4.79 Å². The van der Waals surface area contributed by atoms with Crippen LogP contribution in [0.4, 0.5) is 0 Å². The summed E-state index contributed by atoms with van der Waals surface area (Å²) in [5, 5.41) is 6.23. The first-order valence-electron chi connectivity index (χ1n) is 7.76. The van der Waals surface area contributed by atoms with E-state index in [0.29, 0.717) is 12.5 Å². The van der Waals surface area contributed by atoms with Crippen LogP contribution < -0.4 is 15.4 Å². The van der Waals surface area contributed by atoms with Gasteiger partial charge in [0.15, 0.2) is 6.61 Å². The second-order valence-electron chi connectivity index (χ2n) is 5.64. The molecule has 0 aliphatic heterocycles. The van der Waals surface area contributed by atoms with Crippen LogP contribution in [0.2, 0.25) is 0 Å². The topological polar surface area (TPSA) is 50.4 Å². The van der Waals surface area contributed by atoms with Gasteiger partial charge in [-0.1, -0.05) is 39.0 Å². The number of hydrogen-bond acceptors (Lipinski definition) is 3. The summed E-state index contributed by atoms with van der Waals surface area (Å²) in [6.45, 7) is 10.1. The minimum absolute atomic E-state index is 0.0634. The van der Waals surface area contributed by atoms with E-state index in [-0.39, 0.29) is 18.6 Å². The predicted octanol–water partition coefficient (Wildman–Crippen LogP) is 2.90. The second-order valence-corrected chi connectivity index (χ2v) is 5.64. The van der Waals surface area contributed by atoms with E-state index in [4.69, 9.17) is 4.74 Å². The lowest BCUT2D eigenvalue weighted by Gasteiger charge is -2.17. The first-order chi connectivity index (χ1) is 10.0. The summed E-state index contributed by atoms with van der Waals surface area (Å²) in [7, 11) is 0. The van der Waals surface area contributed by atoms with E-state index in [0.717, 1.165) is 24.3 Å². The molecule has 0 aliphatic rings. The van der Waals surface area contributed by atoms with Gasteiger partial charge in [0.05, 0.1) is 0 Å². The Hall–Kier alpha value is -1.55. The summed E-state index contributed by atoms with van der Waals surface area (Å²) < 4.78 is 5.67. The van der Waals surface area contributed by atoms with Crippen LogP contribution in [0.3, 0.4) is 0 Å². The maximum atomic E-state index is 11.8. The Kier molecular flexibility index (Phi) is 7.83. The van der Waals surface area contributed by atoms with Crippen LogP contribution in [0, 0.1) is 5.92 Å². The van der Waals surface area contributed by atoms with Gasteiger partial charge in [-0.15, -0.1) is 0 Å². The minimum Gasteiger partial charge on any atom is -0.483 e. The molecule has 0 aromatic heterocycles. The SMILES string of the molecule is CCNC(C)c1ccccc1OCC(=O)NCCC(C)C. The van der Waals surface area contributed by atoms with Gasteiger partial charge < -0.3 is 15.4 Å². The highest BCUT2D eigenvalue weighted by molar-refractivity contribution is 5.77. The molecule has 4 heteroatoms. The molecule has 0 aliphatic carbocycles. The minimum atomic E-state index is -0.0680. The highest BCUT2D eigenvalue weighted by atomic mass is 16.5. The van der Waals surface area contributed by atoms with Gasteiger partial charge in [-0.25, -0.2) is 0 Å². The van der Waals surface area contributed by atoms with Crippen molar-refractivity contribution >= 4 is 5.91 Å². The van der Waals surface area contributed by atoms with Crippen molar-refractivity contribution in [2.75, 3.05) is 19.7 Å². The van der Waals surface area contributed by atoms with E-state index >= 15 is 0 Å². The largest absolute Gasteiger partial charge is 0.483 e. The van der Waals surface area contributed by atoms with Crippen molar-refractivity contribution < 1.29 is 9.53 Å². The van der Waals surface area contributed by atoms with Crippen LogP contribution >= 0.6 is 0 Å². The van der Waals surface area contributed by atoms with Crippen molar-refractivity contribution in [2.24, 2.45) is 5.92 Å². The highest BCUT2D eigenvalue weighted by Crippen LogP contribution is 2.24. The average molecular weight is 292 g/mol. The van der Waals surface area contributed by atoms with Crippen molar-refractivity contribution in [3.8, 4) is 5.75 Å². The van der Waals surface area contributed by atoms with Gasteiger partial charge in [0.1, 0.15) is 5.75 Å². The molecule has 0 heterocycles. The summed E-state index contributed by atoms with van der Waals surface area (Å²) in [4.78, 5) is 11.8. The van der Waals surface area contributed by atoms with E-state index < -0.39 is 0 Å². The zero-order valence-electron chi connectivity index (χ0n) is 13.6. The van der Waals surface area contributed by atoms with Gasteiger partial charge in [0.25, 0.3) is 5.91 Å². The lowest BCUT2D eigenvalue weighted by molar-refractivity contribution is -0.123. The van der Waals surface area contributed by atoms with Crippen molar-refractivity contribution in [1.82, 2.24) is 10.6 Å². The van der Waals surface area contributed by atoms with Crippen molar-refractivity contribution in [3.05, 3.63) is 29.8 Å². The van der Waals surface area contributed by atoms with E-state index in [2.05, 4.69) is 38.3 Å². The number of carbonyl (C=O) groups excluding carboxylic acids is 1. The first-order valence-corrected chi connectivity index (χ1v) is 7.76. The van der Waals surface area contributed by atoms with Gasteiger partial charge in [-0.3, -0.25) is 4.79 Å². The fourth-order valence-electron chi connectivity index (χ4n) is 2.08. The molecular formula is C17H28N2O2. The molecule has 1 aromatic carbocycles. The van der Waals surface area contributed by atoms with Crippen molar-refractivity contribution in [2.45, 2.75) is 40.2 Å². The van der Waals surface area contributed by atoms with E-state index in [1.807, 2.05) is 24.3 Å². The molecule has 1 unspecified atom stereocenters. The third kappa shape index (κ3) is 6.63. The number of benzene rings is 1. The third-order valence-electron chi connectivity index (χ3n) is 3.30. The Labute approximate surface area is 128 Å². The Morgan fingerprint density at radius 3 is 2.62 bits per heavy atom. The number of hydrogen-bond donors (Lipinski definition) is 2. The molecule has 118 valence electrons. The Balaban J connectivity index is 2.49. The van der Waals surface area contributed by atoms with Gasteiger partial charge in [-0.05, 0) is 31.9 Å². The quantitative estimate of drug-likeness (QED) is 0.736. The molecule has 1 rings (SSSR count). The number of nitrogens with one attached hydrogen (secondary N) is 2. The fraction of sp³-hybridized carbons (Fsp3) is 0.588. The summed E-state index contributed by atoms with van der Waals surface area (Å²) in [6.07, 6.45) is 0.986. The summed E-state index contributed by atoms with van der Waals surface area (Å²) >= 11 is 0. The zero-order valence-corrected chi connectivity index (χ0v) is 13.6. The molecule has 1 atom stereocenters. The van der Waals surface area contributed by atoms with Crippen LogP contribution in [0.25, 0.3) is 0 Å². The number of ether oxygens (including phenoxy) is 1. The molecule has 1 amide bonds. The molecule has 0 saturated carbocycles. The standard InChI is InChI=1S/C17H28N2O2/c1-5-18-14(4)15-8-6-7-9-16(15)21-12-17(20)19-11-10-13(2)3/h6-9,13-14,18H,5,10-12H2,1-4H3,(H,19,20). The Morgan fingerprint density at radius 1 is 1.24 bits per heavy atom. The third-order valence-corrected chi connectivity index (χ3v) is 3.30. The average Bonchev–Trinajstić information content (AvgIpc) is 2.45. The molecule has 21 heavy (non-hydrogen) atoms. The lowest BCUT2D eigenvalue weighted by Crippen LogP contribution is -2.30. The Morgan fingerprint density at radius 2 is 1.95 bits per heavy atom. The lowest BCUT2D eigenvalue weighted by atomic mass is 10.1. The second kappa shape index (κ2) is 9.40. The van der Waals surface area contributed by atoms with Crippen LogP contribution in [0.1, 0.15) is 45.7 Å². The molecule has 2 N–H and O–H groups in total. The van der Waals surface area contributed by atoms with Crippen LogP contribution in [-0.4, -0.2) is 25.6 Å². The van der Waals surface area contributed by atoms with Gasteiger partial charge in [0.2, 0.25) is 0 Å². The van der Waals surface area contributed by atoms with E-state index in [1.54, 1.807) is 0 Å². The molecule has 0 radical (unpaired) electrons. The number of para-hydroxylation sites is 1. The van der Waals surface area contributed by atoms with Crippen molar-refractivity contribution in [3.63, 3.8) is 0 Å². The first kappa shape index (κ1) is 17.5. The Bertz CT molecular complexity index is 433.